The van der Waals surface area contributed by atoms with Crippen LogP contribution in [0.25, 0.3) is 0 Å². The maximum Gasteiger partial charge on any atom is 0.0591 e. The molecule has 0 aromatic heterocycles. The molecule has 14 fully saturated rings. The molecule has 20 heteroatoms. The zero-order valence-corrected chi connectivity index (χ0v) is 58.8. The summed E-state index contributed by atoms with van der Waals surface area (Å²) in [6, 6.07) is 2.78. The lowest BCUT2D eigenvalue weighted by Crippen LogP contribution is -2.40. The van der Waals surface area contributed by atoms with Gasteiger partial charge in [-0.15, -0.1) is 0 Å². The van der Waals surface area contributed by atoms with E-state index in [1.807, 2.05) is 0 Å². The number of nitrogens with two attached hydrogens (primary N) is 9. The lowest BCUT2D eigenvalue weighted by Gasteiger charge is -2.25. The molecule has 14 aliphatic rings. The van der Waals surface area contributed by atoms with Crippen molar-refractivity contribution in [3.8, 4) is 0 Å². The monoisotopic (exact) mass is 1270 g/mol. The summed E-state index contributed by atoms with van der Waals surface area (Å²) < 4.78 is 5.01. The van der Waals surface area contributed by atoms with Crippen LogP contribution < -0.4 is 78.2 Å². The molecule has 89 heavy (non-hydrogen) atoms. The summed E-state index contributed by atoms with van der Waals surface area (Å²) in [4.78, 5) is 12.2. The molecule has 0 spiro atoms. The van der Waals surface area contributed by atoms with E-state index in [-0.39, 0.29) is 0 Å². The third-order valence-corrected chi connectivity index (χ3v) is 17.9. The molecule has 5 aliphatic carbocycles. The van der Waals surface area contributed by atoms with Crippen LogP contribution in [0.3, 0.4) is 0 Å². The van der Waals surface area contributed by atoms with Gasteiger partial charge in [-0.05, 0) is 266 Å². The van der Waals surface area contributed by atoms with Crippen LogP contribution in [0.15, 0.2) is 0 Å². The van der Waals surface area contributed by atoms with E-state index in [9.17, 15) is 0 Å². The zero-order valence-electron chi connectivity index (χ0n) is 58.8. The van der Waals surface area contributed by atoms with Gasteiger partial charge in [-0.3, -0.25) is 0 Å². The number of hydrogen-bond donors (Lipinski definition) is 14. The van der Waals surface area contributed by atoms with Gasteiger partial charge in [0.1, 0.15) is 0 Å². The fourth-order valence-corrected chi connectivity index (χ4v) is 11.0. The van der Waals surface area contributed by atoms with Gasteiger partial charge in [0.25, 0.3) is 0 Å². The van der Waals surface area contributed by atoms with Gasteiger partial charge in [0.2, 0.25) is 0 Å². The predicted molar refractivity (Wildman–Crippen MR) is 387 cm³/mol. The molecule has 9 heterocycles. The van der Waals surface area contributed by atoms with Crippen LogP contribution in [0.1, 0.15) is 212 Å². The summed E-state index contributed by atoms with van der Waals surface area (Å²) >= 11 is 0. The minimum Gasteiger partial charge on any atom is -0.379 e. The highest BCUT2D eigenvalue weighted by molar-refractivity contribution is 4.75. The van der Waals surface area contributed by atoms with Gasteiger partial charge in [0.05, 0.1) is 13.2 Å². The van der Waals surface area contributed by atoms with Crippen molar-refractivity contribution in [2.45, 2.75) is 242 Å². The van der Waals surface area contributed by atoms with E-state index >= 15 is 0 Å². The third-order valence-electron chi connectivity index (χ3n) is 17.9. The molecule has 5 saturated carbocycles. The number of ether oxygens (including phenoxy) is 1. The second kappa shape index (κ2) is 67.2. The van der Waals surface area contributed by atoms with Gasteiger partial charge < -0.3 is 107 Å². The molecule has 20 nitrogen and oxygen atoms in total. The number of nitrogens with zero attached hydrogens (tertiary/aromatic N) is 5. The first-order chi connectivity index (χ1) is 43.6. The molecular formula is C69H157N19O. The van der Waals surface area contributed by atoms with Crippen LogP contribution in [0, 0.1) is 0 Å². The minimum atomic E-state index is 0.536. The van der Waals surface area contributed by atoms with Gasteiger partial charge in [0, 0.05) is 109 Å². The second-order valence-corrected chi connectivity index (χ2v) is 27.0. The Balaban J connectivity index is 0.000000483. The summed E-state index contributed by atoms with van der Waals surface area (Å²) in [6.45, 7) is 34.5. The highest BCUT2D eigenvalue weighted by Gasteiger charge is 2.15. The van der Waals surface area contributed by atoms with E-state index in [4.69, 9.17) is 56.3 Å². The lowest BCUT2D eigenvalue weighted by atomic mass is 9.95. The third kappa shape index (κ3) is 65.6. The first-order valence-electron chi connectivity index (χ1n) is 37.9. The van der Waals surface area contributed by atoms with E-state index in [1.54, 1.807) is 0 Å². The van der Waals surface area contributed by atoms with Crippen molar-refractivity contribution >= 4 is 0 Å². The molecule has 14 rings (SSSR count). The smallest absolute Gasteiger partial charge is 0.0591 e. The molecule has 0 aromatic carbocycles. The summed E-state index contributed by atoms with van der Waals surface area (Å²) in [5.74, 6) is 0. The van der Waals surface area contributed by atoms with Gasteiger partial charge in [0.15, 0.2) is 0 Å². The van der Waals surface area contributed by atoms with E-state index in [1.165, 1.54) is 330 Å². The van der Waals surface area contributed by atoms with Crippen molar-refractivity contribution in [2.75, 3.05) is 204 Å². The maximum absolute atomic E-state index is 5.63. The average molecular weight is 1270 g/mol. The first-order valence-corrected chi connectivity index (χ1v) is 37.9. The Kier molecular flexibility index (Phi) is 65.1. The summed E-state index contributed by atoms with van der Waals surface area (Å²) in [5, 5.41) is 15.8. The Morgan fingerprint density at radius 2 is 0.539 bits per heavy atom. The molecule has 0 radical (unpaired) electrons. The molecule has 534 valence electrons. The van der Waals surface area contributed by atoms with E-state index in [0.29, 0.717) is 30.2 Å². The molecule has 23 N–H and O–H groups in total. The molecule has 9 saturated heterocycles. The van der Waals surface area contributed by atoms with Gasteiger partial charge in [-0.1, -0.05) is 57.8 Å². The van der Waals surface area contributed by atoms with Crippen molar-refractivity contribution in [2.24, 2.45) is 51.6 Å². The highest BCUT2D eigenvalue weighted by atomic mass is 16.5. The Hall–Kier alpha value is -0.800. The fourth-order valence-electron chi connectivity index (χ4n) is 11.0. The number of rotatable bonds is 11. The van der Waals surface area contributed by atoms with Crippen LogP contribution >= 0.6 is 0 Å². The largest absolute Gasteiger partial charge is 0.379 e. The average Bonchev–Trinajstić information content (AvgIpc) is 4.05. The molecule has 0 amide bonds. The van der Waals surface area contributed by atoms with Gasteiger partial charge in [-0.2, -0.15) is 0 Å². The molecular weight excluding hydrogens is 1110 g/mol. The fraction of sp³-hybridized carbons (Fsp3) is 1.00. The number of nitrogens with one attached hydrogen (secondary N) is 5. The van der Waals surface area contributed by atoms with Gasteiger partial charge in [-0.25, -0.2) is 0 Å². The normalized spacial score (nSPS) is 23.5. The minimum absolute atomic E-state index is 0.536. The summed E-state index contributed by atoms with van der Waals surface area (Å²) in [5.41, 5.74) is 48.9. The van der Waals surface area contributed by atoms with Crippen LogP contribution in [0.2, 0.25) is 0 Å². The van der Waals surface area contributed by atoms with Crippen LogP contribution in [-0.4, -0.2) is 258 Å². The Bertz CT molecular complexity index is 1260. The second-order valence-electron chi connectivity index (χ2n) is 27.0. The van der Waals surface area contributed by atoms with Crippen molar-refractivity contribution in [3.63, 3.8) is 0 Å². The highest BCUT2D eigenvalue weighted by Crippen LogP contribution is 2.17. The van der Waals surface area contributed by atoms with Crippen molar-refractivity contribution in [3.05, 3.63) is 0 Å². The quantitative estimate of drug-likeness (QED) is 0.100. The topological polar surface area (TPSA) is 330 Å². The SMILES string of the molecule is C1CCNC1.C1CN1.C1CNC1.C1COCCN1.CN1CCNCC1.NC1CC1.NC1CCC1.NC1CCCC1.NC1CCCC1.NC1CCCCC1.NCCCCN1CCCC1.NCCCN1CCCC1.NCCN1CCCC1.NCCN1CCCCC1. The Morgan fingerprint density at radius 3 is 0.753 bits per heavy atom. The Labute approximate surface area is 550 Å². The van der Waals surface area contributed by atoms with Crippen molar-refractivity contribution in [1.82, 2.24) is 51.1 Å². The number of hydrogen-bond acceptors (Lipinski definition) is 20. The molecule has 0 aromatic rings. The standard InChI is InChI=1S/C8H18N2.2C7H16N2.C6H14N2.C6H13N.C5H12N2.2C5H11N.C4H9NO.2C4H9N.2C3H7N.C2H5N/c9-5-1-2-6-10-7-3-4-8-10;8-4-3-7-9-5-1-2-6-9;8-4-7-9-5-2-1-3-6-9;7-3-6-8-4-1-2-5-8;7-6-4-2-1-3-5-6;1-7-4-2-6-3-5-7;2*6-5-3-1-2-4-5;1-3-6-4-2-5-1;1-2-4-5-3-1;5-4-2-1-3-4;1-2-4-3-1;4-3-1-2-3;1-2-3-1/h1-9H2;2*1-8H2;1-7H2;6H,1-5,7H2;6H,2-5H2,1H3;2*5H,1-4,6H2;5H,1-4H2;5H,1-4H2;4H,1-3,5H2;4H,1-3H2;3H,1-2,4H2;3H,1-2H2. The maximum atomic E-state index is 5.63. The van der Waals surface area contributed by atoms with Crippen LogP contribution in [0.4, 0.5) is 0 Å². The number of likely N-dealkylation sites (tertiary alicyclic amines) is 4. The number of likely N-dealkylation sites (N-methyl/N-ethyl adjacent to an activating group) is 1. The van der Waals surface area contributed by atoms with Gasteiger partial charge >= 0.3 is 0 Å². The number of morpholine rings is 1. The summed E-state index contributed by atoms with van der Waals surface area (Å²) in [6.07, 6.45) is 43.9. The molecule has 0 unspecified atom stereocenters. The predicted octanol–water partition coefficient (Wildman–Crippen LogP) is 4.45. The number of piperidine rings is 1. The zero-order chi connectivity index (χ0) is 64.6. The lowest BCUT2D eigenvalue weighted by molar-refractivity contribution is 0.109. The summed E-state index contributed by atoms with van der Waals surface area (Å²) in [7, 11) is 2.15. The Morgan fingerprint density at radius 1 is 0.270 bits per heavy atom. The van der Waals surface area contributed by atoms with Crippen molar-refractivity contribution in [1.29, 1.82) is 0 Å². The van der Waals surface area contributed by atoms with E-state index in [0.717, 1.165) is 78.7 Å². The number of unbranched alkanes of at least 4 members (excludes halogenated alkanes) is 1. The van der Waals surface area contributed by atoms with E-state index in [2.05, 4.69) is 58.1 Å². The number of piperazine rings is 1. The molecule has 0 atom stereocenters. The van der Waals surface area contributed by atoms with Crippen LogP contribution in [0.5, 0.6) is 0 Å². The molecule has 9 aliphatic heterocycles. The van der Waals surface area contributed by atoms with Crippen LogP contribution in [-0.2, 0) is 4.74 Å². The van der Waals surface area contributed by atoms with Crippen molar-refractivity contribution < 1.29 is 4.74 Å². The first kappa shape index (κ1) is 86.2. The molecule has 0 bridgehead atoms. The van der Waals surface area contributed by atoms with E-state index < -0.39 is 0 Å².